The first-order valence-electron chi connectivity index (χ1n) is 6.25. The number of aliphatic hydroxyl groups is 1. The van der Waals surface area contributed by atoms with Crippen LogP contribution in [0.2, 0.25) is 0 Å². The van der Waals surface area contributed by atoms with Crippen LogP contribution in [0.1, 0.15) is 25.8 Å². The zero-order valence-electron chi connectivity index (χ0n) is 11.2. The molecule has 0 saturated carbocycles. The zero-order chi connectivity index (χ0) is 13.5. The minimum Gasteiger partial charge on any atom is -0.494 e. The number of benzene rings is 1. The van der Waals surface area contributed by atoms with Gasteiger partial charge in [-0.1, -0.05) is 26.0 Å². The molecule has 0 heterocycles. The number of nitrogens with one attached hydrogen (secondary N) is 1. The van der Waals surface area contributed by atoms with Crippen LogP contribution in [0, 0.1) is 11.7 Å². The Kier molecular flexibility index (Phi) is 6.09. The van der Waals surface area contributed by atoms with Crippen LogP contribution in [0.4, 0.5) is 4.39 Å². The van der Waals surface area contributed by atoms with Gasteiger partial charge in [0.2, 0.25) is 0 Å². The summed E-state index contributed by atoms with van der Waals surface area (Å²) in [6.07, 6.45) is 0.670. The monoisotopic (exact) mass is 255 g/mol. The Morgan fingerprint density at radius 1 is 1.39 bits per heavy atom. The van der Waals surface area contributed by atoms with E-state index in [9.17, 15) is 4.39 Å². The quantitative estimate of drug-likeness (QED) is 0.785. The van der Waals surface area contributed by atoms with Crippen molar-refractivity contribution in [3.05, 3.63) is 29.6 Å². The Morgan fingerprint density at radius 3 is 2.67 bits per heavy atom. The molecule has 1 aromatic rings. The molecule has 1 unspecified atom stereocenters. The first-order valence-corrected chi connectivity index (χ1v) is 6.25. The van der Waals surface area contributed by atoms with Crippen molar-refractivity contribution in [2.45, 2.75) is 32.9 Å². The molecule has 1 rings (SSSR count). The van der Waals surface area contributed by atoms with Crippen molar-refractivity contribution in [2.24, 2.45) is 5.92 Å². The number of aliphatic hydroxyl groups excluding tert-OH is 1. The number of hydrogen-bond donors (Lipinski definition) is 2. The molecule has 0 aliphatic carbocycles. The molecular weight excluding hydrogens is 233 g/mol. The minimum absolute atomic E-state index is 0.135. The predicted molar refractivity (Wildman–Crippen MR) is 70.1 cm³/mol. The Morgan fingerprint density at radius 2 is 2.11 bits per heavy atom. The summed E-state index contributed by atoms with van der Waals surface area (Å²) in [6, 6.07) is 5.30. The molecular formula is C14H22FNO2. The second-order valence-corrected chi connectivity index (χ2v) is 4.68. The first kappa shape index (κ1) is 14.9. The first-order chi connectivity index (χ1) is 8.60. The van der Waals surface area contributed by atoms with E-state index >= 15 is 0 Å². The molecule has 0 fully saturated rings. The van der Waals surface area contributed by atoms with Crippen molar-refractivity contribution in [3.63, 3.8) is 0 Å². The third-order valence-electron chi connectivity index (χ3n) is 3.06. The molecule has 0 aliphatic rings. The van der Waals surface area contributed by atoms with Gasteiger partial charge in [-0.05, 0) is 18.4 Å². The van der Waals surface area contributed by atoms with Gasteiger partial charge >= 0.3 is 0 Å². The Balaban J connectivity index is 2.67. The van der Waals surface area contributed by atoms with E-state index in [0.29, 0.717) is 24.4 Å². The van der Waals surface area contributed by atoms with Gasteiger partial charge in [-0.15, -0.1) is 0 Å². The SMILES string of the molecule is COc1cccc(CNC(CCO)C(C)C)c1F. The van der Waals surface area contributed by atoms with Crippen molar-refractivity contribution < 1.29 is 14.2 Å². The van der Waals surface area contributed by atoms with Crippen LogP contribution in [0.25, 0.3) is 0 Å². The van der Waals surface area contributed by atoms with Gasteiger partial charge in [0.15, 0.2) is 11.6 Å². The molecule has 0 bridgehead atoms. The highest BCUT2D eigenvalue weighted by Crippen LogP contribution is 2.20. The topological polar surface area (TPSA) is 41.5 Å². The van der Waals surface area contributed by atoms with Crippen LogP contribution in [0.15, 0.2) is 18.2 Å². The van der Waals surface area contributed by atoms with Gasteiger partial charge in [-0.2, -0.15) is 0 Å². The average Bonchev–Trinajstić information content (AvgIpc) is 2.35. The molecule has 102 valence electrons. The molecule has 0 radical (unpaired) electrons. The van der Waals surface area contributed by atoms with Crippen LogP contribution < -0.4 is 10.1 Å². The van der Waals surface area contributed by atoms with E-state index in [0.717, 1.165) is 0 Å². The fourth-order valence-corrected chi connectivity index (χ4v) is 1.90. The predicted octanol–water partition coefficient (Wildman–Crippen LogP) is 2.33. The largest absolute Gasteiger partial charge is 0.494 e. The van der Waals surface area contributed by atoms with Gasteiger partial charge in [0.25, 0.3) is 0 Å². The fraction of sp³-hybridized carbons (Fsp3) is 0.571. The molecule has 0 amide bonds. The molecule has 3 nitrogen and oxygen atoms in total. The van der Waals surface area contributed by atoms with Crippen LogP contribution in [0.3, 0.4) is 0 Å². The van der Waals surface area contributed by atoms with E-state index in [1.165, 1.54) is 7.11 Å². The lowest BCUT2D eigenvalue weighted by atomic mass is 10.0. The number of rotatable bonds is 7. The van der Waals surface area contributed by atoms with Gasteiger partial charge in [-0.25, -0.2) is 4.39 Å². The smallest absolute Gasteiger partial charge is 0.169 e. The van der Waals surface area contributed by atoms with Crippen molar-refractivity contribution in [3.8, 4) is 5.75 Å². The fourth-order valence-electron chi connectivity index (χ4n) is 1.90. The third kappa shape index (κ3) is 3.96. The van der Waals surface area contributed by atoms with E-state index in [1.54, 1.807) is 18.2 Å². The lowest BCUT2D eigenvalue weighted by Gasteiger charge is -2.22. The van der Waals surface area contributed by atoms with Gasteiger partial charge in [-0.3, -0.25) is 0 Å². The number of ether oxygens (including phenoxy) is 1. The highest BCUT2D eigenvalue weighted by molar-refractivity contribution is 5.30. The van der Waals surface area contributed by atoms with Crippen molar-refractivity contribution >= 4 is 0 Å². The normalized spacial score (nSPS) is 12.8. The van der Waals surface area contributed by atoms with Gasteiger partial charge in [0, 0.05) is 24.8 Å². The lowest BCUT2D eigenvalue weighted by molar-refractivity contribution is 0.243. The molecule has 1 atom stereocenters. The maximum Gasteiger partial charge on any atom is 0.169 e. The summed E-state index contributed by atoms with van der Waals surface area (Å²) in [5.74, 6) is 0.336. The van der Waals surface area contributed by atoms with Crippen LogP contribution in [0.5, 0.6) is 5.75 Å². The minimum atomic E-state index is -0.320. The lowest BCUT2D eigenvalue weighted by Crippen LogP contribution is -2.34. The Hall–Kier alpha value is -1.13. The summed E-state index contributed by atoms with van der Waals surface area (Å²) < 4.78 is 18.8. The standard InChI is InChI=1S/C14H22FNO2/c1-10(2)12(7-8-17)16-9-11-5-4-6-13(18-3)14(11)15/h4-6,10,12,16-17H,7-9H2,1-3H3. The highest BCUT2D eigenvalue weighted by Gasteiger charge is 2.14. The number of hydrogen-bond acceptors (Lipinski definition) is 3. The van der Waals surface area contributed by atoms with Crippen LogP contribution >= 0.6 is 0 Å². The zero-order valence-corrected chi connectivity index (χ0v) is 11.2. The summed E-state index contributed by atoms with van der Waals surface area (Å²) in [4.78, 5) is 0. The summed E-state index contributed by atoms with van der Waals surface area (Å²) in [6.45, 7) is 4.73. The van der Waals surface area contributed by atoms with Gasteiger partial charge < -0.3 is 15.2 Å². The molecule has 1 aromatic carbocycles. The molecule has 0 saturated heterocycles. The van der Waals surface area contributed by atoms with Crippen molar-refractivity contribution in [1.29, 1.82) is 0 Å². The third-order valence-corrected chi connectivity index (χ3v) is 3.06. The molecule has 0 aromatic heterocycles. The number of halogens is 1. The summed E-state index contributed by atoms with van der Waals surface area (Å²) in [5, 5.41) is 12.3. The van der Waals surface area contributed by atoms with E-state index in [2.05, 4.69) is 19.2 Å². The Bertz CT molecular complexity index is 369. The second kappa shape index (κ2) is 7.34. The summed E-state index contributed by atoms with van der Waals surface area (Å²) >= 11 is 0. The van der Waals surface area contributed by atoms with Gasteiger partial charge in [0.05, 0.1) is 7.11 Å². The maximum atomic E-state index is 13.9. The second-order valence-electron chi connectivity index (χ2n) is 4.68. The Labute approximate surface area is 108 Å². The molecule has 4 heteroatoms. The molecule has 0 aliphatic heterocycles. The highest BCUT2D eigenvalue weighted by atomic mass is 19.1. The maximum absolute atomic E-state index is 13.9. The average molecular weight is 255 g/mol. The van der Waals surface area contributed by atoms with E-state index in [-0.39, 0.29) is 24.2 Å². The summed E-state index contributed by atoms with van der Waals surface area (Å²) in [5.41, 5.74) is 0.581. The molecule has 0 spiro atoms. The van der Waals surface area contributed by atoms with Crippen LogP contribution in [-0.4, -0.2) is 24.9 Å². The molecule has 18 heavy (non-hydrogen) atoms. The van der Waals surface area contributed by atoms with E-state index < -0.39 is 0 Å². The van der Waals surface area contributed by atoms with E-state index in [1.807, 2.05) is 0 Å². The molecule has 2 N–H and O–H groups in total. The van der Waals surface area contributed by atoms with Crippen molar-refractivity contribution in [1.82, 2.24) is 5.32 Å². The van der Waals surface area contributed by atoms with E-state index in [4.69, 9.17) is 9.84 Å². The van der Waals surface area contributed by atoms with Crippen molar-refractivity contribution in [2.75, 3.05) is 13.7 Å². The van der Waals surface area contributed by atoms with Gasteiger partial charge in [0.1, 0.15) is 0 Å². The number of methoxy groups -OCH3 is 1. The summed E-state index contributed by atoms with van der Waals surface area (Å²) in [7, 11) is 1.46. The van der Waals surface area contributed by atoms with Crippen LogP contribution in [-0.2, 0) is 6.54 Å².